The molecule has 0 N–H and O–H groups in total. The van der Waals surface area contributed by atoms with Crippen molar-refractivity contribution in [3.8, 4) is 0 Å². The largest absolute Gasteiger partial charge is 0.469 e. The standard InChI is InChI=1S/C12H14O2/c13-12(7-11-2-1-3-14-11)10-5-8-4-9(8)6-10/h1-3,8-10H,4-7H2. The van der Waals surface area contributed by atoms with Gasteiger partial charge in [0, 0.05) is 5.92 Å². The van der Waals surface area contributed by atoms with Crippen LogP contribution < -0.4 is 0 Å². The zero-order valence-corrected chi connectivity index (χ0v) is 8.11. The summed E-state index contributed by atoms with van der Waals surface area (Å²) in [5.41, 5.74) is 0. The summed E-state index contributed by atoms with van der Waals surface area (Å²) in [6.07, 6.45) is 5.80. The summed E-state index contributed by atoms with van der Waals surface area (Å²) in [7, 11) is 0. The summed E-state index contributed by atoms with van der Waals surface area (Å²) in [6, 6.07) is 3.72. The van der Waals surface area contributed by atoms with E-state index in [-0.39, 0.29) is 0 Å². The molecule has 0 radical (unpaired) electrons. The third-order valence-electron chi connectivity index (χ3n) is 3.63. The van der Waals surface area contributed by atoms with E-state index in [1.54, 1.807) is 6.26 Å². The van der Waals surface area contributed by atoms with E-state index in [1.165, 1.54) is 6.42 Å². The van der Waals surface area contributed by atoms with Crippen LogP contribution in [-0.2, 0) is 11.2 Å². The number of furan rings is 1. The molecule has 14 heavy (non-hydrogen) atoms. The van der Waals surface area contributed by atoms with Gasteiger partial charge in [0.15, 0.2) is 0 Å². The molecule has 0 amide bonds. The minimum atomic E-state index is 0.337. The number of rotatable bonds is 3. The molecule has 2 nitrogen and oxygen atoms in total. The van der Waals surface area contributed by atoms with Crippen LogP contribution in [0.25, 0.3) is 0 Å². The number of carbonyl (C=O) groups is 1. The highest BCUT2D eigenvalue weighted by Gasteiger charge is 2.47. The Hall–Kier alpha value is -1.05. The van der Waals surface area contributed by atoms with Gasteiger partial charge in [-0.3, -0.25) is 4.79 Å². The van der Waals surface area contributed by atoms with Gasteiger partial charge in [0.05, 0.1) is 12.7 Å². The van der Waals surface area contributed by atoms with Crippen molar-refractivity contribution in [2.45, 2.75) is 25.7 Å². The van der Waals surface area contributed by atoms with Crippen LogP contribution >= 0.6 is 0 Å². The van der Waals surface area contributed by atoms with Gasteiger partial charge in [-0.05, 0) is 43.2 Å². The summed E-state index contributed by atoms with van der Waals surface area (Å²) in [5, 5.41) is 0. The molecule has 2 aliphatic rings. The van der Waals surface area contributed by atoms with Crippen LogP contribution in [0.15, 0.2) is 22.8 Å². The lowest BCUT2D eigenvalue weighted by molar-refractivity contribution is -0.122. The predicted molar refractivity (Wildman–Crippen MR) is 51.7 cm³/mol. The topological polar surface area (TPSA) is 30.2 Å². The first-order valence-corrected chi connectivity index (χ1v) is 5.38. The molecule has 2 fully saturated rings. The van der Waals surface area contributed by atoms with Gasteiger partial charge in [-0.15, -0.1) is 0 Å². The molecule has 3 rings (SSSR count). The van der Waals surface area contributed by atoms with Crippen LogP contribution in [0.3, 0.4) is 0 Å². The van der Waals surface area contributed by atoms with Gasteiger partial charge in [0.2, 0.25) is 0 Å². The lowest BCUT2D eigenvalue weighted by atomic mass is 9.96. The van der Waals surface area contributed by atoms with Gasteiger partial charge >= 0.3 is 0 Å². The second-order valence-electron chi connectivity index (χ2n) is 4.65. The minimum Gasteiger partial charge on any atom is -0.469 e. The molecule has 74 valence electrons. The molecule has 2 aliphatic carbocycles. The van der Waals surface area contributed by atoms with Crippen LogP contribution in [0, 0.1) is 17.8 Å². The van der Waals surface area contributed by atoms with Crippen molar-refractivity contribution in [3.63, 3.8) is 0 Å². The summed E-state index contributed by atoms with van der Waals surface area (Å²) in [6.45, 7) is 0. The maximum Gasteiger partial charge on any atom is 0.143 e. The Balaban J connectivity index is 1.60. The molecule has 0 aromatic carbocycles. The van der Waals surface area contributed by atoms with Crippen LogP contribution in [0.2, 0.25) is 0 Å². The van der Waals surface area contributed by atoms with E-state index in [9.17, 15) is 4.79 Å². The van der Waals surface area contributed by atoms with E-state index in [2.05, 4.69) is 0 Å². The van der Waals surface area contributed by atoms with Gasteiger partial charge in [0.1, 0.15) is 11.5 Å². The first kappa shape index (κ1) is 8.27. The molecule has 0 spiro atoms. The van der Waals surface area contributed by atoms with E-state index in [4.69, 9.17) is 4.42 Å². The SMILES string of the molecule is O=C(Cc1ccco1)C1CC2CC2C1. The quantitative estimate of drug-likeness (QED) is 0.732. The molecule has 1 aromatic rings. The zero-order chi connectivity index (χ0) is 9.54. The lowest BCUT2D eigenvalue weighted by Gasteiger charge is -2.08. The maximum absolute atomic E-state index is 11.8. The second-order valence-corrected chi connectivity index (χ2v) is 4.65. The molecule has 2 atom stereocenters. The average molecular weight is 190 g/mol. The van der Waals surface area contributed by atoms with E-state index in [0.29, 0.717) is 18.1 Å². The van der Waals surface area contributed by atoms with Gasteiger partial charge in [0.25, 0.3) is 0 Å². The summed E-state index contributed by atoms with van der Waals surface area (Å²) in [5.74, 6) is 3.31. The third kappa shape index (κ3) is 1.39. The van der Waals surface area contributed by atoms with Crippen molar-refractivity contribution < 1.29 is 9.21 Å². The van der Waals surface area contributed by atoms with Gasteiger partial charge in [-0.1, -0.05) is 0 Å². The highest BCUT2D eigenvalue weighted by Crippen LogP contribution is 2.54. The summed E-state index contributed by atoms with van der Waals surface area (Å²) in [4.78, 5) is 11.8. The Morgan fingerprint density at radius 2 is 2.14 bits per heavy atom. The number of hydrogen-bond donors (Lipinski definition) is 0. The van der Waals surface area contributed by atoms with Crippen LogP contribution in [0.1, 0.15) is 25.0 Å². The van der Waals surface area contributed by atoms with E-state index in [1.807, 2.05) is 12.1 Å². The molecular weight excluding hydrogens is 176 g/mol. The molecule has 0 saturated heterocycles. The lowest BCUT2D eigenvalue weighted by Crippen LogP contribution is -2.14. The number of Topliss-reactive ketones (excluding diaryl/α,β-unsaturated/α-hetero) is 1. The first-order chi connectivity index (χ1) is 6.83. The Bertz CT molecular complexity index is 329. The highest BCUT2D eigenvalue weighted by atomic mass is 16.3. The second kappa shape index (κ2) is 2.97. The smallest absolute Gasteiger partial charge is 0.143 e. The number of hydrogen-bond acceptors (Lipinski definition) is 2. The van der Waals surface area contributed by atoms with Crippen LogP contribution in [0.5, 0.6) is 0 Å². The molecule has 0 aliphatic heterocycles. The van der Waals surface area contributed by atoms with Gasteiger partial charge < -0.3 is 4.42 Å². The number of fused-ring (bicyclic) bond motifs is 1. The average Bonchev–Trinajstić information content (AvgIpc) is 2.68. The van der Waals surface area contributed by atoms with E-state index in [0.717, 1.165) is 30.4 Å². The van der Waals surface area contributed by atoms with Gasteiger partial charge in [-0.2, -0.15) is 0 Å². The Morgan fingerprint density at radius 3 is 2.79 bits per heavy atom. The molecule has 0 bridgehead atoms. The molecule has 2 unspecified atom stereocenters. The predicted octanol–water partition coefficient (Wildman–Crippen LogP) is 2.44. The normalized spacial score (nSPS) is 34.1. The summed E-state index contributed by atoms with van der Waals surface area (Å²) < 4.78 is 5.18. The molecule has 1 heterocycles. The monoisotopic (exact) mass is 190 g/mol. The maximum atomic E-state index is 11.8. The number of ketones is 1. The Kier molecular flexibility index (Phi) is 1.76. The van der Waals surface area contributed by atoms with Crippen molar-refractivity contribution in [2.24, 2.45) is 17.8 Å². The molecule has 1 aromatic heterocycles. The molecule has 2 saturated carbocycles. The fourth-order valence-corrected chi connectivity index (χ4v) is 2.71. The van der Waals surface area contributed by atoms with Crippen LogP contribution in [0.4, 0.5) is 0 Å². The zero-order valence-electron chi connectivity index (χ0n) is 8.11. The molecular formula is C12H14O2. The first-order valence-electron chi connectivity index (χ1n) is 5.38. The van der Waals surface area contributed by atoms with Crippen molar-refractivity contribution in [1.29, 1.82) is 0 Å². The van der Waals surface area contributed by atoms with Gasteiger partial charge in [-0.25, -0.2) is 0 Å². The molecule has 2 heteroatoms. The van der Waals surface area contributed by atoms with Crippen molar-refractivity contribution in [3.05, 3.63) is 24.2 Å². The Labute approximate surface area is 83.3 Å². The fourth-order valence-electron chi connectivity index (χ4n) is 2.71. The van der Waals surface area contributed by atoms with E-state index < -0.39 is 0 Å². The van der Waals surface area contributed by atoms with Crippen molar-refractivity contribution >= 4 is 5.78 Å². The summed E-state index contributed by atoms with van der Waals surface area (Å²) >= 11 is 0. The third-order valence-corrected chi connectivity index (χ3v) is 3.63. The van der Waals surface area contributed by atoms with E-state index >= 15 is 0 Å². The van der Waals surface area contributed by atoms with Crippen molar-refractivity contribution in [2.75, 3.05) is 0 Å². The fraction of sp³-hybridized carbons (Fsp3) is 0.583. The minimum absolute atomic E-state index is 0.337. The van der Waals surface area contributed by atoms with Crippen LogP contribution in [-0.4, -0.2) is 5.78 Å². The van der Waals surface area contributed by atoms with Crippen molar-refractivity contribution in [1.82, 2.24) is 0 Å². The Morgan fingerprint density at radius 1 is 1.36 bits per heavy atom. The number of carbonyl (C=O) groups excluding carboxylic acids is 1. The highest BCUT2D eigenvalue weighted by molar-refractivity contribution is 5.83.